The molecule has 57 heavy (non-hydrogen) atoms. The van der Waals surface area contributed by atoms with Gasteiger partial charge in [-0.2, -0.15) is 0 Å². The van der Waals surface area contributed by atoms with Crippen LogP contribution in [-0.2, 0) is 49.6 Å². The Hall–Kier alpha value is -5.67. The molecular formula is C36H58N10O11. The van der Waals surface area contributed by atoms with Crippen molar-refractivity contribution in [1.29, 1.82) is 0 Å². The molecule has 0 spiro atoms. The first-order valence-electron chi connectivity index (χ1n) is 18.6. The molecule has 0 aliphatic heterocycles. The van der Waals surface area contributed by atoms with Crippen molar-refractivity contribution < 1.29 is 53.4 Å². The Morgan fingerprint density at radius 2 is 1.23 bits per heavy atom. The number of hydrogen-bond donors (Lipinski definition) is 12. The number of nitrogens with one attached hydrogen (secondary N) is 6. The molecule has 0 heterocycles. The second-order valence-corrected chi connectivity index (χ2v) is 13.6. The van der Waals surface area contributed by atoms with Crippen molar-refractivity contribution in [2.45, 2.75) is 114 Å². The SMILES string of the molecule is CC[C@H](C)[C@H](NC(=O)[C@H](C)NC(=O)[C@H](CCCCN)NC(=O)[C@H](CC(N)=O)NC(=O)[C@H](Cc1ccccc1)NC(=O)[C@@H](N)CCC(N)=O)C(=O)N[C@@H](CO)C(=O)O. The third-order valence-corrected chi connectivity index (χ3v) is 8.91. The summed E-state index contributed by atoms with van der Waals surface area (Å²) in [5.41, 5.74) is 22.7. The van der Waals surface area contributed by atoms with Gasteiger partial charge in [-0.15, -0.1) is 0 Å². The Labute approximate surface area is 330 Å². The number of carboxylic acid groups (broad SMARTS) is 1. The number of aliphatic hydroxyl groups is 1. The molecule has 0 aromatic heterocycles. The van der Waals surface area contributed by atoms with Gasteiger partial charge >= 0.3 is 5.97 Å². The molecule has 0 aliphatic carbocycles. The van der Waals surface area contributed by atoms with Gasteiger partial charge in [-0.05, 0) is 50.6 Å². The van der Waals surface area contributed by atoms with Gasteiger partial charge in [0.2, 0.25) is 47.3 Å². The number of benzene rings is 1. The van der Waals surface area contributed by atoms with Crippen molar-refractivity contribution >= 4 is 53.2 Å². The summed E-state index contributed by atoms with van der Waals surface area (Å²) in [6.45, 7) is 4.03. The van der Waals surface area contributed by atoms with E-state index in [1.54, 1.807) is 44.2 Å². The second kappa shape index (κ2) is 25.5. The van der Waals surface area contributed by atoms with Gasteiger partial charge in [-0.25, -0.2) is 4.79 Å². The van der Waals surface area contributed by atoms with Gasteiger partial charge in [0.25, 0.3) is 0 Å². The maximum absolute atomic E-state index is 13.7. The van der Waals surface area contributed by atoms with Crippen molar-refractivity contribution in [3.63, 3.8) is 0 Å². The number of carbonyl (C=O) groups excluding carboxylic acids is 8. The summed E-state index contributed by atoms with van der Waals surface area (Å²) in [7, 11) is 0. The minimum absolute atomic E-state index is 0.00582. The van der Waals surface area contributed by atoms with E-state index >= 15 is 0 Å². The minimum Gasteiger partial charge on any atom is -0.480 e. The lowest BCUT2D eigenvalue weighted by atomic mass is 9.97. The summed E-state index contributed by atoms with van der Waals surface area (Å²) in [4.78, 5) is 114. The van der Waals surface area contributed by atoms with Crippen LogP contribution in [0.2, 0.25) is 0 Å². The van der Waals surface area contributed by atoms with Gasteiger partial charge in [0.05, 0.1) is 19.1 Å². The largest absolute Gasteiger partial charge is 0.480 e. The zero-order valence-electron chi connectivity index (χ0n) is 32.5. The van der Waals surface area contributed by atoms with Gasteiger partial charge in [0.15, 0.2) is 0 Å². The molecule has 0 unspecified atom stereocenters. The van der Waals surface area contributed by atoms with Crippen molar-refractivity contribution in [2.75, 3.05) is 13.2 Å². The normalized spacial score (nSPS) is 15.1. The van der Waals surface area contributed by atoms with Crippen LogP contribution in [0.4, 0.5) is 0 Å². The highest BCUT2D eigenvalue weighted by Crippen LogP contribution is 2.10. The van der Waals surface area contributed by atoms with Crippen molar-refractivity contribution in [2.24, 2.45) is 28.9 Å². The number of aliphatic carboxylic acids is 1. The highest BCUT2D eigenvalue weighted by atomic mass is 16.4. The fourth-order valence-electron chi connectivity index (χ4n) is 5.29. The van der Waals surface area contributed by atoms with E-state index in [-0.39, 0.29) is 32.2 Å². The van der Waals surface area contributed by atoms with Gasteiger partial charge in [0.1, 0.15) is 36.3 Å². The lowest BCUT2D eigenvalue weighted by Gasteiger charge is -2.28. The van der Waals surface area contributed by atoms with Crippen LogP contribution >= 0.6 is 0 Å². The molecule has 0 bridgehead atoms. The number of nitrogens with two attached hydrogens (primary N) is 4. The zero-order chi connectivity index (χ0) is 43.2. The summed E-state index contributed by atoms with van der Waals surface area (Å²) in [5, 5.41) is 33.1. The Kier molecular flexibility index (Phi) is 22.1. The second-order valence-electron chi connectivity index (χ2n) is 13.6. The lowest BCUT2D eigenvalue weighted by Crippen LogP contribution is -2.60. The zero-order valence-corrected chi connectivity index (χ0v) is 32.5. The summed E-state index contributed by atoms with van der Waals surface area (Å²) >= 11 is 0. The quantitative estimate of drug-likeness (QED) is 0.0377. The first-order valence-corrected chi connectivity index (χ1v) is 18.6. The Morgan fingerprint density at radius 1 is 0.667 bits per heavy atom. The summed E-state index contributed by atoms with van der Waals surface area (Å²) < 4.78 is 0. The fraction of sp³-hybridized carbons (Fsp3) is 0.583. The first-order chi connectivity index (χ1) is 26.8. The molecule has 21 nitrogen and oxygen atoms in total. The molecule has 318 valence electrons. The topological polar surface area (TPSA) is 370 Å². The monoisotopic (exact) mass is 806 g/mol. The van der Waals surface area contributed by atoms with Crippen LogP contribution in [0.5, 0.6) is 0 Å². The molecule has 1 rings (SSSR count). The third-order valence-electron chi connectivity index (χ3n) is 8.91. The summed E-state index contributed by atoms with van der Waals surface area (Å²) in [5.74, 6) is -8.89. The Balaban J connectivity index is 3.25. The maximum Gasteiger partial charge on any atom is 0.328 e. The first kappa shape index (κ1) is 49.3. The molecule has 8 amide bonds. The van der Waals surface area contributed by atoms with Crippen LogP contribution in [0, 0.1) is 5.92 Å². The number of hydrogen-bond acceptors (Lipinski definition) is 12. The van der Waals surface area contributed by atoms with E-state index in [4.69, 9.17) is 22.9 Å². The predicted molar refractivity (Wildman–Crippen MR) is 205 cm³/mol. The fourth-order valence-corrected chi connectivity index (χ4v) is 5.29. The van der Waals surface area contributed by atoms with E-state index in [9.17, 15) is 53.4 Å². The molecule has 0 saturated heterocycles. The number of amides is 8. The van der Waals surface area contributed by atoms with Gasteiger partial charge < -0.3 is 65.0 Å². The Morgan fingerprint density at radius 3 is 1.77 bits per heavy atom. The van der Waals surface area contributed by atoms with Crippen LogP contribution in [0.25, 0.3) is 0 Å². The molecule has 0 saturated carbocycles. The molecule has 0 aliphatic rings. The van der Waals surface area contributed by atoms with Crippen LogP contribution in [0.1, 0.15) is 71.3 Å². The average Bonchev–Trinajstić information content (AvgIpc) is 3.16. The number of unbranched alkanes of at least 4 members (excludes halogenated alkanes) is 1. The van der Waals surface area contributed by atoms with Gasteiger partial charge in [0, 0.05) is 12.8 Å². The van der Waals surface area contributed by atoms with Crippen LogP contribution in [0.15, 0.2) is 30.3 Å². The van der Waals surface area contributed by atoms with Crippen molar-refractivity contribution in [3.8, 4) is 0 Å². The number of primary amides is 2. The lowest BCUT2D eigenvalue weighted by molar-refractivity contribution is -0.143. The maximum atomic E-state index is 13.7. The van der Waals surface area contributed by atoms with Crippen LogP contribution < -0.4 is 54.8 Å². The number of carboxylic acids is 1. The van der Waals surface area contributed by atoms with Crippen molar-refractivity contribution in [1.82, 2.24) is 31.9 Å². The van der Waals surface area contributed by atoms with Gasteiger partial charge in [-0.3, -0.25) is 38.4 Å². The standard InChI is InChI=1S/C36H58N10O11/c1-4-19(2)29(35(55)45-26(18-47)36(56)57)46-30(50)20(3)41-32(52)23(12-8-9-15-37)42-34(54)25(17-28(40)49)44-33(53)24(16-21-10-6-5-7-11-21)43-31(51)22(38)13-14-27(39)48/h5-7,10-11,19-20,22-26,29,47H,4,8-9,12-18,37-38H2,1-3H3,(H2,39,48)(H2,40,49)(H,41,52)(H,42,54)(H,43,51)(H,44,53)(H,45,55)(H,46,50)(H,56,57)/t19-,20-,22-,23-,24-,25-,26-,29-/m0/s1. The van der Waals surface area contributed by atoms with Crippen molar-refractivity contribution in [3.05, 3.63) is 35.9 Å². The molecule has 21 heteroatoms. The van der Waals surface area contributed by atoms with E-state index in [0.29, 0.717) is 24.8 Å². The molecule has 16 N–H and O–H groups in total. The predicted octanol–water partition coefficient (Wildman–Crippen LogP) is -4.12. The van der Waals surface area contributed by atoms with E-state index in [1.807, 2.05) is 0 Å². The third kappa shape index (κ3) is 18.2. The Bertz CT molecular complexity index is 1550. The minimum atomic E-state index is -1.64. The average molecular weight is 807 g/mol. The molecule has 1 aromatic rings. The van der Waals surface area contributed by atoms with Crippen LogP contribution in [0.3, 0.4) is 0 Å². The molecule has 0 fully saturated rings. The number of carbonyl (C=O) groups is 9. The van der Waals surface area contributed by atoms with E-state index in [0.717, 1.165) is 0 Å². The van der Waals surface area contributed by atoms with Crippen LogP contribution in [-0.4, -0.2) is 119 Å². The summed E-state index contributed by atoms with van der Waals surface area (Å²) in [6.07, 6.45) is 0.0835. The number of rotatable bonds is 27. The highest BCUT2D eigenvalue weighted by molar-refractivity contribution is 5.98. The smallest absolute Gasteiger partial charge is 0.328 e. The van der Waals surface area contributed by atoms with E-state index < -0.39 is 114 Å². The molecule has 0 radical (unpaired) electrons. The van der Waals surface area contributed by atoms with Gasteiger partial charge in [-0.1, -0.05) is 50.6 Å². The highest BCUT2D eigenvalue weighted by Gasteiger charge is 2.34. The van der Waals surface area contributed by atoms with E-state index in [1.165, 1.54) is 6.92 Å². The summed E-state index contributed by atoms with van der Waals surface area (Å²) in [6, 6.07) is -1.16. The van der Waals surface area contributed by atoms with E-state index in [2.05, 4.69) is 31.9 Å². The molecule has 8 atom stereocenters. The molecule has 1 aromatic carbocycles. The molecular weight excluding hydrogens is 748 g/mol. The number of aliphatic hydroxyl groups excluding tert-OH is 1.